The summed E-state index contributed by atoms with van der Waals surface area (Å²) >= 11 is 0. The van der Waals surface area contributed by atoms with Crippen molar-refractivity contribution in [2.75, 3.05) is 6.61 Å². The second-order valence-corrected chi connectivity index (χ2v) is 7.83. The zero-order valence-corrected chi connectivity index (χ0v) is 15.9. The third-order valence-corrected chi connectivity index (χ3v) is 5.34. The second kappa shape index (κ2) is 6.86. The minimum atomic E-state index is -0.446. The number of fused-ring (bicyclic) bond motifs is 1. The van der Waals surface area contributed by atoms with Gasteiger partial charge in [0.2, 0.25) is 0 Å². The van der Waals surface area contributed by atoms with Crippen LogP contribution in [0.3, 0.4) is 0 Å². The van der Waals surface area contributed by atoms with E-state index in [1.807, 2.05) is 54.6 Å². The minimum Gasteiger partial charge on any atom is -0.493 e. The van der Waals surface area contributed by atoms with Crippen molar-refractivity contribution in [3.63, 3.8) is 0 Å². The van der Waals surface area contributed by atoms with E-state index in [-0.39, 0.29) is 0 Å². The summed E-state index contributed by atoms with van der Waals surface area (Å²) in [5.41, 5.74) is 1.67. The highest BCUT2D eigenvalue weighted by Gasteiger charge is 2.37. The fourth-order valence-corrected chi connectivity index (χ4v) is 3.55. The third kappa shape index (κ3) is 3.55. The maximum absolute atomic E-state index is 6.19. The number of ether oxygens (including phenoxy) is 3. The van der Waals surface area contributed by atoms with Crippen molar-refractivity contribution >= 4 is 0 Å². The van der Waals surface area contributed by atoms with E-state index in [1.165, 1.54) is 18.4 Å². The molecule has 4 heteroatoms. The number of benzene rings is 2. The van der Waals surface area contributed by atoms with E-state index in [9.17, 15) is 0 Å². The van der Waals surface area contributed by atoms with Crippen LogP contribution in [0, 0.1) is 5.92 Å². The van der Waals surface area contributed by atoms with Gasteiger partial charge in [-0.1, -0.05) is 24.3 Å². The van der Waals surface area contributed by atoms with Gasteiger partial charge in [0, 0.05) is 12.5 Å². The summed E-state index contributed by atoms with van der Waals surface area (Å²) in [5.74, 6) is 3.96. The molecule has 28 heavy (non-hydrogen) atoms. The van der Waals surface area contributed by atoms with Gasteiger partial charge in [-0.05, 0) is 61.6 Å². The zero-order chi connectivity index (χ0) is 19.0. The van der Waals surface area contributed by atoms with E-state index in [0.29, 0.717) is 5.75 Å². The van der Waals surface area contributed by atoms with Crippen LogP contribution in [0.1, 0.15) is 31.0 Å². The van der Waals surface area contributed by atoms with E-state index < -0.39 is 5.60 Å². The monoisotopic (exact) mass is 373 g/mol. The first-order chi connectivity index (χ1) is 13.7. The molecule has 3 aromatic rings. The van der Waals surface area contributed by atoms with Crippen molar-refractivity contribution < 1.29 is 14.2 Å². The molecule has 1 atom stereocenters. The lowest BCUT2D eigenvalue weighted by atomic mass is 9.95. The van der Waals surface area contributed by atoms with Gasteiger partial charge in [-0.15, -0.1) is 0 Å². The predicted octanol–water partition coefficient (Wildman–Crippen LogP) is 5.51. The molecular formula is C24H23NO3. The summed E-state index contributed by atoms with van der Waals surface area (Å²) in [6.45, 7) is 2.87. The third-order valence-electron chi connectivity index (χ3n) is 5.34. The lowest BCUT2D eigenvalue weighted by Gasteiger charge is -2.23. The lowest BCUT2D eigenvalue weighted by Crippen LogP contribution is -2.28. The fourth-order valence-electron chi connectivity index (χ4n) is 3.55. The van der Waals surface area contributed by atoms with Crippen LogP contribution in [0.2, 0.25) is 0 Å². The van der Waals surface area contributed by atoms with E-state index in [1.54, 1.807) is 6.20 Å². The average molecular weight is 373 g/mol. The molecule has 2 aliphatic rings. The van der Waals surface area contributed by atoms with Crippen LogP contribution >= 0.6 is 0 Å². The van der Waals surface area contributed by atoms with Crippen LogP contribution in [0.25, 0.3) is 0 Å². The van der Waals surface area contributed by atoms with E-state index in [0.717, 1.165) is 41.9 Å². The Morgan fingerprint density at radius 2 is 1.86 bits per heavy atom. The Labute approximate surface area is 165 Å². The number of hydrogen-bond donors (Lipinski definition) is 0. The summed E-state index contributed by atoms with van der Waals surface area (Å²) < 4.78 is 18.0. The molecule has 4 nitrogen and oxygen atoms in total. The Morgan fingerprint density at radius 1 is 1.00 bits per heavy atom. The van der Waals surface area contributed by atoms with Gasteiger partial charge in [-0.25, -0.2) is 0 Å². The van der Waals surface area contributed by atoms with Crippen LogP contribution in [0.15, 0.2) is 66.9 Å². The molecule has 0 bridgehead atoms. The Bertz CT molecular complexity index is 954. The molecule has 2 aromatic carbocycles. The smallest absolute Gasteiger partial charge is 0.152 e. The molecule has 1 fully saturated rings. The summed E-state index contributed by atoms with van der Waals surface area (Å²) in [5, 5.41) is 0. The molecule has 5 rings (SSSR count). The van der Waals surface area contributed by atoms with Gasteiger partial charge in [0.1, 0.15) is 23.0 Å². The Balaban J connectivity index is 1.27. The van der Waals surface area contributed by atoms with Gasteiger partial charge in [0.25, 0.3) is 0 Å². The Morgan fingerprint density at radius 3 is 2.64 bits per heavy atom. The predicted molar refractivity (Wildman–Crippen MR) is 107 cm³/mol. The molecule has 0 saturated heterocycles. The van der Waals surface area contributed by atoms with Gasteiger partial charge >= 0.3 is 0 Å². The van der Waals surface area contributed by atoms with Crippen molar-refractivity contribution in [3.8, 4) is 23.0 Å². The van der Waals surface area contributed by atoms with Crippen molar-refractivity contribution in [2.24, 2.45) is 5.92 Å². The van der Waals surface area contributed by atoms with Crippen LogP contribution in [0.5, 0.6) is 23.0 Å². The molecule has 1 aliphatic heterocycles. The lowest BCUT2D eigenvalue weighted by molar-refractivity contribution is 0.110. The maximum atomic E-state index is 6.19. The summed E-state index contributed by atoms with van der Waals surface area (Å²) in [7, 11) is 0. The molecule has 142 valence electrons. The van der Waals surface area contributed by atoms with E-state index in [4.69, 9.17) is 14.2 Å². The quantitative estimate of drug-likeness (QED) is 0.571. The van der Waals surface area contributed by atoms with E-state index in [2.05, 4.69) is 18.0 Å². The molecule has 1 aromatic heterocycles. The standard InChI is InChI=1S/C24H23NO3/c1-24(14-18-5-2-3-8-22(18)28-24)23-12-11-21(15-25-23)27-20-7-4-6-19(13-20)26-16-17-9-10-17/h2-8,11-13,15,17H,9-10,14,16H2,1H3. The van der Waals surface area contributed by atoms with Gasteiger partial charge in [-0.2, -0.15) is 0 Å². The van der Waals surface area contributed by atoms with Crippen molar-refractivity contribution in [3.05, 3.63) is 78.1 Å². The van der Waals surface area contributed by atoms with Crippen LogP contribution in [-0.4, -0.2) is 11.6 Å². The highest BCUT2D eigenvalue weighted by atomic mass is 16.5. The number of para-hydroxylation sites is 1. The molecule has 0 spiro atoms. The molecular weight excluding hydrogens is 350 g/mol. The summed E-state index contributed by atoms with van der Waals surface area (Å²) in [6, 6.07) is 19.8. The van der Waals surface area contributed by atoms with Crippen molar-refractivity contribution in [1.82, 2.24) is 4.98 Å². The van der Waals surface area contributed by atoms with Gasteiger partial charge < -0.3 is 14.2 Å². The maximum Gasteiger partial charge on any atom is 0.152 e. The number of nitrogens with zero attached hydrogens (tertiary/aromatic N) is 1. The molecule has 0 radical (unpaired) electrons. The highest BCUT2D eigenvalue weighted by Crippen LogP contribution is 2.40. The topological polar surface area (TPSA) is 40.6 Å². The molecule has 1 unspecified atom stereocenters. The molecule has 0 N–H and O–H groups in total. The first-order valence-corrected chi connectivity index (χ1v) is 9.82. The molecule has 1 aliphatic carbocycles. The number of hydrogen-bond acceptors (Lipinski definition) is 4. The Kier molecular flexibility index (Phi) is 4.19. The number of aromatic nitrogens is 1. The first kappa shape index (κ1) is 17.1. The highest BCUT2D eigenvalue weighted by molar-refractivity contribution is 5.42. The number of rotatable bonds is 6. The van der Waals surface area contributed by atoms with E-state index >= 15 is 0 Å². The van der Waals surface area contributed by atoms with Crippen molar-refractivity contribution in [2.45, 2.75) is 31.8 Å². The van der Waals surface area contributed by atoms with Crippen LogP contribution < -0.4 is 14.2 Å². The van der Waals surface area contributed by atoms with Gasteiger partial charge in [-0.3, -0.25) is 4.98 Å². The minimum absolute atomic E-state index is 0.446. The normalized spacial score (nSPS) is 20.3. The molecule has 2 heterocycles. The van der Waals surface area contributed by atoms with Crippen LogP contribution in [0.4, 0.5) is 0 Å². The SMILES string of the molecule is CC1(c2ccc(Oc3cccc(OCC4CC4)c3)cn2)Cc2ccccc2O1. The van der Waals surface area contributed by atoms with Gasteiger partial charge in [0.15, 0.2) is 5.60 Å². The van der Waals surface area contributed by atoms with Crippen LogP contribution in [-0.2, 0) is 12.0 Å². The Hall–Kier alpha value is -3.01. The summed E-state index contributed by atoms with van der Waals surface area (Å²) in [4.78, 5) is 4.62. The zero-order valence-electron chi connectivity index (χ0n) is 15.9. The average Bonchev–Trinajstić information content (AvgIpc) is 3.47. The first-order valence-electron chi connectivity index (χ1n) is 9.82. The summed E-state index contributed by atoms with van der Waals surface area (Å²) in [6.07, 6.45) is 5.13. The largest absolute Gasteiger partial charge is 0.493 e. The van der Waals surface area contributed by atoms with Crippen molar-refractivity contribution in [1.29, 1.82) is 0 Å². The second-order valence-electron chi connectivity index (χ2n) is 7.83. The number of pyridine rings is 1. The molecule has 1 saturated carbocycles. The van der Waals surface area contributed by atoms with Gasteiger partial charge in [0.05, 0.1) is 18.5 Å². The molecule has 0 amide bonds. The fraction of sp³-hybridized carbons (Fsp3) is 0.292.